The lowest BCUT2D eigenvalue weighted by Crippen LogP contribution is -2.31. The molecule has 0 aliphatic carbocycles. The molecule has 0 bridgehead atoms. The third kappa shape index (κ3) is 4.00. The predicted octanol–water partition coefficient (Wildman–Crippen LogP) is 4.12. The Bertz CT molecular complexity index is 1440. The standard InChI is InChI=1S/C24H30FN7OS/c1-15-10-18(16-12-27-30(2)14-16)19(25)11-20(15)28-23-26-13-21-22(29-23)32(24(33)31(21)3)17-6-8-34(4,5)9-7-17/h10-14,17H,6-9H2,1-5H3,(H,26,28,29). The first-order valence-electron chi connectivity index (χ1n) is 11.3. The Morgan fingerprint density at radius 3 is 2.56 bits per heavy atom. The summed E-state index contributed by atoms with van der Waals surface area (Å²) in [6.45, 7) is 1.91. The van der Waals surface area contributed by atoms with Crippen molar-refractivity contribution in [1.29, 1.82) is 0 Å². The lowest BCUT2D eigenvalue weighted by atomic mass is 10.0. The van der Waals surface area contributed by atoms with Crippen LogP contribution in [0.3, 0.4) is 0 Å². The van der Waals surface area contributed by atoms with E-state index in [-0.39, 0.29) is 17.5 Å². The topological polar surface area (TPSA) is 82.6 Å². The van der Waals surface area contributed by atoms with Gasteiger partial charge in [-0.3, -0.25) is 13.8 Å². The smallest absolute Gasteiger partial charge is 0.324 e. The van der Waals surface area contributed by atoms with Gasteiger partial charge in [0, 0.05) is 43.1 Å². The Balaban J connectivity index is 1.49. The van der Waals surface area contributed by atoms with E-state index in [1.807, 2.05) is 11.5 Å². The Labute approximate surface area is 199 Å². The molecule has 1 fully saturated rings. The SMILES string of the molecule is Cc1cc(-c2cnn(C)c2)c(F)cc1Nc1ncc2c(n1)n(C1CCS(C)(C)CC1)c(=O)n2C. The minimum absolute atomic E-state index is 0.0656. The maximum absolute atomic E-state index is 14.9. The predicted molar refractivity (Wildman–Crippen MR) is 137 cm³/mol. The summed E-state index contributed by atoms with van der Waals surface area (Å²) < 4.78 is 20.0. The van der Waals surface area contributed by atoms with E-state index < -0.39 is 10.0 Å². The number of fused-ring (bicyclic) bond motifs is 1. The highest BCUT2D eigenvalue weighted by atomic mass is 32.3. The van der Waals surface area contributed by atoms with Gasteiger partial charge in [0.15, 0.2) is 5.65 Å². The molecule has 0 unspecified atom stereocenters. The Morgan fingerprint density at radius 2 is 1.88 bits per heavy atom. The average molecular weight is 484 g/mol. The average Bonchev–Trinajstić information content (AvgIpc) is 3.32. The van der Waals surface area contributed by atoms with Gasteiger partial charge < -0.3 is 5.32 Å². The molecule has 1 aromatic carbocycles. The number of aryl methyl sites for hydroxylation is 3. The van der Waals surface area contributed by atoms with Gasteiger partial charge in [0.25, 0.3) is 0 Å². The van der Waals surface area contributed by atoms with Crippen LogP contribution in [0.15, 0.2) is 35.5 Å². The second-order valence-electron chi connectivity index (χ2n) is 9.70. The lowest BCUT2D eigenvalue weighted by molar-refractivity contribution is 0.458. The Hall–Kier alpha value is -3.14. The Kier molecular flexibility index (Phi) is 5.50. The summed E-state index contributed by atoms with van der Waals surface area (Å²) in [6, 6.07) is 3.38. The summed E-state index contributed by atoms with van der Waals surface area (Å²) in [5.74, 6) is 2.29. The van der Waals surface area contributed by atoms with Crippen LogP contribution < -0.4 is 11.0 Å². The second-order valence-corrected chi connectivity index (χ2v) is 14.0. The molecule has 3 aromatic heterocycles. The zero-order chi connectivity index (χ0) is 24.2. The molecule has 5 rings (SSSR count). The van der Waals surface area contributed by atoms with Crippen LogP contribution in [-0.4, -0.2) is 52.9 Å². The minimum atomic E-state index is -0.571. The first-order valence-corrected chi connectivity index (χ1v) is 14.1. The van der Waals surface area contributed by atoms with E-state index in [1.54, 1.807) is 48.0 Å². The van der Waals surface area contributed by atoms with Crippen molar-refractivity contribution in [3.05, 3.63) is 52.6 Å². The van der Waals surface area contributed by atoms with Crippen molar-refractivity contribution in [3.8, 4) is 11.1 Å². The minimum Gasteiger partial charge on any atom is -0.324 e. The number of aromatic nitrogens is 6. The number of hydrogen-bond donors (Lipinski definition) is 1. The van der Waals surface area contributed by atoms with E-state index >= 15 is 0 Å². The van der Waals surface area contributed by atoms with Crippen molar-refractivity contribution in [3.63, 3.8) is 0 Å². The fourth-order valence-electron chi connectivity index (χ4n) is 4.66. The largest absolute Gasteiger partial charge is 0.330 e. The number of anilines is 2. The van der Waals surface area contributed by atoms with E-state index in [9.17, 15) is 9.18 Å². The molecular weight excluding hydrogens is 453 g/mol. The third-order valence-electron chi connectivity index (χ3n) is 6.78. The van der Waals surface area contributed by atoms with E-state index in [1.165, 1.54) is 6.07 Å². The second kappa shape index (κ2) is 8.26. The number of hydrogen-bond acceptors (Lipinski definition) is 5. The normalized spacial score (nSPS) is 17.2. The number of benzene rings is 1. The molecule has 0 spiro atoms. The fourth-order valence-corrected chi connectivity index (χ4v) is 6.68. The van der Waals surface area contributed by atoms with Gasteiger partial charge >= 0.3 is 5.69 Å². The maximum atomic E-state index is 14.9. The van der Waals surface area contributed by atoms with Crippen LogP contribution >= 0.6 is 10.0 Å². The number of rotatable bonds is 4. The first-order chi connectivity index (χ1) is 16.1. The van der Waals surface area contributed by atoms with Crippen LogP contribution in [0.25, 0.3) is 22.3 Å². The molecule has 0 atom stereocenters. The van der Waals surface area contributed by atoms with Crippen LogP contribution in [-0.2, 0) is 14.1 Å². The monoisotopic (exact) mass is 483 g/mol. The van der Waals surface area contributed by atoms with Gasteiger partial charge in [-0.1, -0.05) is 0 Å². The molecule has 34 heavy (non-hydrogen) atoms. The fraction of sp³-hybridized carbons (Fsp3) is 0.417. The van der Waals surface area contributed by atoms with Gasteiger partial charge in [-0.2, -0.15) is 10.1 Å². The number of nitrogens with zero attached hydrogens (tertiary/aromatic N) is 6. The summed E-state index contributed by atoms with van der Waals surface area (Å²) in [7, 11) is 2.99. The van der Waals surface area contributed by atoms with E-state index in [4.69, 9.17) is 4.98 Å². The van der Waals surface area contributed by atoms with Crippen molar-refractivity contribution in [2.24, 2.45) is 14.1 Å². The summed E-state index contributed by atoms with van der Waals surface area (Å²) in [6.07, 6.45) is 11.8. The molecule has 0 amide bonds. The van der Waals surface area contributed by atoms with Crippen LogP contribution in [0.1, 0.15) is 24.4 Å². The first kappa shape index (κ1) is 22.6. The number of nitrogens with one attached hydrogen (secondary N) is 1. The Morgan fingerprint density at radius 1 is 1.15 bits per heavy atom. The molecule has 1 aliphatic heterocycles. The molecule has 0 saturated carbocycles. The molecule has 0 radical (unpaired) electrons. The van der Waals surface area contributed by atoms with Gasteiger partial charge in [0.1, 0.15) is 11.3 Å². The quantitative estimate of drug-likeness (QED) is 0.472. The van der Waals surface area contributed by atoms with Gasteiger partial charge in [-0.05, 0) is 61.5 Å². The van der Waals surface area contributed by atoms with Crippen LogP contribution in [0.5, 0.6) is 0 Å². The lowest BCUT2D eigenvalue weighted by Gasteiger charge is -2.39. The van der Waals surface area contributed by atoms with Crippen molar-refractivity contribution in [2.75, 3.05) is 29.3 Å². The zero-order valence-corrected chi connectivity index (χ0v) is 21.0. The number of halogens is 1. The van der Waals surface area contributed by atoms with E-state index in [0.29, 0.717) is 28.4 Å². The third-order valence-corrected chi connectivity index (χ3v) is 9.46. The van der Waals surface area contributed by atoms with Crippen LogP contribution in [0.2, 0.25) is 0 Å². The maximum Gasteiger partial charge on any atom is 0.330 e. The van der Waals surface area contributed by atoms with Crippen molar-refractivity contribution >= 4 is 32.8 Å². The van der Waals surface area contributed by atoms with Gasteiger partial charge in [-0.15, -0.1) is 0 Å². The van der Waals surface area contributed by atoms with E-state index in [0.717, 1.165) is 35.5 Å². The molecule has 10 heteroatoms. The highest BCUT2D eigenvalue weighted by Gasteiger charge is 2.28. The zero-order valence-electron chi connectivity index (χ0n) is 20.2. The molecule has 180 valence electrons. The highest BCUT2D eigenvalue weighted by Crippen LogP contribution is 2.48. The van der Waals surface area contributed by atoms with Gasteiger partial charge in [0.05, 0.1) is 12.4 Å². The van der Waals surface area contributed by atoms with Crippen LogP contribution in [0.4, 0.5) is 16.0 Å². The molecule has 8 nitrogen and oxygen atoms in total. The van der Waals surface area contributed by atoms with Crippen molar-refractivity contribution in [2.45, 2.75) is 25.8 Å². The van der Waals surface area contributed by atoms with Gasteiger partial charge in [-0.25, -0.2) is 24.2 Å². The van der Waals surface area contributed by atoms with E-state index in [2.05, 4.69) is 27.9 Å². The van der Waals surface area contributed by atoms with Gasteiger partial charge in [0.2, 0.25) is 5.95 Å². The van der Waals surface area contributed by atoms with Crippen LogP contribution in [0, 0.1) is 12.7 Å². The molecule has 4 aromatic rings. The molecule has 1 saturated heterocycles. The van der Waals surface area contributed by atoms with Crippen molar-refractivity contribution in [1.82, 2.24) is 28.9 Å². The van der Waals surface area contributed by atoms with Crippen molar-refractivity contribution < 1.29 is 4.39 Å². The summed E-state index contributed by atoms with van der Waals surface area (Å²) in [5, 5.41) is 7.29. The summed E-state index contributed by atoms with van der Waals surface area (Å²) in [5.41, 5.74) is 3.90. The highest BCUT2D eigenvalue weighted by molar-refractivity contribution is 8.32. The number of imidazole rings is 1. The summed E-state index contributed by atoms with van der Waals surface area (Å²) in [4.78, 5) is 22.2. The molecular formula is C24H30FN7OS. The molecule has 1 aliphatic rings. The summed E-state index contributed by atoms with van der Waals surface area (Å²) >= 11 is 0. The molecule has 4 heterocycles. The molecule has 1 N–H and O–H groups in total.